The average Bonchev–Trinajstić information content (AvgIpc) is 2.52. The van der Waals surface area contributed by atoms with E-state index < -0.39 is 0 Å². The fourth-order valence-electron chi connectivity index (χ4n) is 1.78. The highest BCUT2D eigenvalue weighted by Gasteiger charge is 1.97. The molecule has 2 nitrogen and oxygen atoms in total. The number of halogens is 1. The summed E-state index contributed by atoms with van der Waals surface area (Å²) in [5.74, 6) is 0. The van der Waals surface area contributed by atoms with Gasteiger partial charge in [-0.25, -0.2) is 0 Å². The van der Waals surface area contributed by atoms with Gasteiger partial charge in [0.15, 0.2) is 0 Å². The number of rotatable bonds is 7. The van der Waals surface area contributed by atoms with Crippen molar-refractivity contribution in [1.82, 2.24) is 0 Å². The number of hydrogen-bond acceptors (Lipinski definition) is 2. The third-order valence-corrected chi connectivity index (χ3v) is 3.16. The van der Waals surface area contributed by atoms with E-state index in [4.69, 9.17) is 16.3 Å². The van der Waals surface area contributed by atoms with Crippen molar-refractivity contribution in [2.24, 2.45) is 4.99 Å². The fraction of sp³-hybridized carbons (Fsp3) is 0.235. The van der Waals surface area contributed by atoms with Crippen LogP contribution in [0.5, 0.6) is 0 Å². The Morgan fingerprint density at radius 3 is 2.30 bits per heavy atom. The molecule has 0 aliphatic heterocycles. The summed E-state index contributed by atoms with van der Waals surface area (Å²) in [7, 11) is 0. The van der Waals surface area contributed by atoms with Gasteiger partial charge in [-0.05, 0) is 12.0 Å². The number of nitrogens with zero attached hydrogens (tertiary/aromatic N) is 1. The smallest absolute Gasteiger partial charge is 0.130 e. The maximum Gasteiger partial charge on any atom is 0.130 e. The Hall–Kier alpha value is -1.64. The van der Waals surface area contributed by atoms with Gasteiger partial charge in [0, 0.05) is 18.7 Å². The summed E-state index contributed by atoms with van der Waals surface area (Å²) in [6.45, 7) is 2.02. The predicted molar refractivity (Wildman–Crippen MR) is 84.4 cm³/mol. The van der Waals surface area contributed by atoms with E-state index in [2.05, 4.69) is 17.1 Å². The largest absolute Gasteiger partial charge is 0.377 e. The van der Waals surface area contributed by atoms with Gasteiger partial charge in [0.25, 0.3) is 0 Å². The third kappa shape index (κ3) is 5.16. The summed E-state index contributed by atoms with van der Waals surface area (Å²) >= 11 is 6.12. The molecule has 104 valence electrons. The van der Waals surface area contributed by atoms with Gasteiger partial charge in [-0.2, -0.15) is 0 Å². The van der Waals surface area contributed by atoms with Crippen molar-refractivity contribution >= 4 is 16.8 Å². The van der Waals surface area contributed by atoms with E-state index in [0.29, 0.717) is 24.9 Å². The standard InChI is InChI=1S/C17H18ClNO/c18-17(16-10-5-2-6-11-16)19-12-7-13-20-14-15-8-3-1-4-9-15/h1-6,8-11H,7,12-14H2/b19-17-. The van der Waals surface area contributed by atoms with Crippen molar-refractivity contribution in [3.63, 3.8) is 0 Å². The molecular weight excluding hydrogens is 270 g/mol. The van der Waals surface area contributed by atoms with E-state index in [-0.39, 0.29) is 0 Å². The zero-order chi connectivity index (χ0) is 14.0. The molecule has 20 heavy (non-hydrogen) atoms. The highest BCUT2D eigenvalue weighted by molar-refractivity contribution is 6.69. The van der Waals surface area contributed by atoms with Gasteiger partial charge < -0.3 is 4.74 Å². The van der Waals surface area contributed by atoms with Crippen molar-refractivity contribution < 1.29 is 4.74 Å². The molecule has 3 heteroatoms. The molecule has 0 unspecified atom stereocenters. The first-order valence-electron chi connectivity index (χ1n) is 6.73. The molecule has 0 spiro atoms. The van der Waals surface area contributed by atoms with Gasteiger partial charge in [-0.1, -0.05) is 72.3 Å². The highest BCUT2D eigenvalue weighted by atomic mass is 35.5. The quantitative estimate of drug-likeness (QED) is 0.550. The van der Waals surface area contributed by atoms with Crippen LogP contribution in [0.3, 0.4) is 0 Å². The number of hydrogen-bond donors (Lipinski definition) is 0. The second kappa shape index (κ2) is 8.51. The van der Waals surface area contributed by atoms with Crippen LogP contribution in [0.15, 0.2) is 65.7 Å². The monoisotopic (exact) mass is 287 g/mol. The molecule has 0 heterocycles. The summed E-state index contributed by atoms with van der Waals surface area (Å²) in [6.07, 6.45) is 0.871. The van der Waals surface area contributed by atoms with Crippen molar-refractivity contribution in [2.45, 2.75) is 13.0 Å². The minimum atomic E-state index is 0.564. The molecule has 0 saturated carbocycles. The minimum absolute atomic E-state index is 0.564. The fourth-order valence-corrected chi connectivity index (χ4v) is 1.99. The van der Waals surface area contributed by atoms with Crippen LogP contribution in [-0.4, -0.2) is 18.3 Å². The van der Waals surface area contributed by atoms with Gasteiger partial charge in [0.1, 0.15) is 5.17 Å². The zero-order valence-corrected chi connectivity index (χ0v) is 12.1. The van der Waals surface area contributed by atoms with Crippen LogP contribution in [0.25, 0.3) is 0 Å². The number of ether oxygens (including phenoxy) is 1. The molecule has 0 atom stereocenters. The van der Waals surface area contributed by atoms with Gasteiger partial charge >= 0.3 is 0 Å². The molecule has 2 aromatic rings. The van der Waals surface area contributed by atoms with Crippen LogP contribution in [0.4, 0.5) is 0 Å². The summed E-state index contributed by atoms with van der Waals surface area (Å²) in [4.78, 5) is 4.34. The lowest BCUT2D eigenvalue weighted by molar-refractivity contribution is 0.120. The molecule has 0 radical (unpaired) electrons. The van der Waals surface area contributed by atoms with Gasteiger partial charge in [-0.3, -0.25) is 4.99 Å². The zero-order valence-electron chi connectivity index (χ0n) is 11.3. The van der Waals surface area contributed by atoms with Crippen molar-refractivity contribution in [3.8, 4) is 0 Å². The number of aliphatic imine (C=N–C) groups is 1. The second-order valence-corrected chi connectivity index (χ2v) is 4.79. The lowest BCUT2D eigenvalue weighted by atomic mass is 10.2. The second-order valence-electron chi connectivity index (χ2n) is 4.43. The van der Waals surface area contributed by atoms with Crippen LogP contribution in [0, 0.1) is 0 Å². The Balaban J connectivity index is 1.64. The van der Waals surface area contributed by atoms with Crippen molar-refractivity contribution in [1.29, 1.82) is 0 Å². The van der Waals surface area contributed by atoms with Gasteiger partial charge in [0.05, 0.1) is 6.61 Å². The summed E-state index contributed by atoms with van der Waals surface area (Å²) in [5.41, 5.74) is 2.15. The summed E-state index contributed by atoms with van der Waals surface area (Å²) in [6, 6.07) is 19.9. The lowest BCUT2D eigenvalue weighted by Gasteiger charge is -2.03. The van der Waals surface area contributed by atoms with E-state index >= 15 is 0 Å². The number of benzene rings is 2. The molecule has 0 bridgehead atoms. The van der Waals surface area contributed by atoms with E-state index in [0.717, 1.165) is 12.0 Å². The molecule has 0 aliphatic carbocycles. The maximum absolute atomic E-state index is 6.12. The van der Waals surface area contributed by atoms with E-state index in [1.165, 1.54) is 5.56 Å². The van der Waals surface area contributed by atoms with Crippen molar-refractivity contribution in [3.05, 3.63) is 71.8 Å². The van der Waals surface area contributed by atoms with Gasteiger partial charge in [0.2, 0.25) is 0 Å². The molecule has 2 aromatic carbocycles. The molecule has 0 aromatic heterocycles. The SMILES string of the molecule is Cl/C(=N\CCCOCc1ccccc1)c1ccccc1. The Morgan fingerprint density at radius 1 is 0.950 bits per heavy atom. The van der Waals surface area contributed by atoms with Crippen LogP contribution >= 0.6 is 11.6 Å². The van der Waals surface area contributed by atoms with Crippen LogP contribution < -0.4 is 0 Å². The van der Waals surface area contributed by atoms with E-state index in [9.17, 15) is 0 Å². The lowest BCUT2D eigenvalue weighted by Crippen LogP contribution is -1.99. The Bertz CT molecular complexity index is 525. The Morgan fingerprint density at radius 2 is 1.60 bits per heavy atom. The van der Waals surface area contributed by atoms with Gasteiger partial charge in [-0.15, -0.1) is 0 Å². The van der Waals surface area contributed by atoms with Crippen LogP contribution in [0.1, 0.15) is 17.5 Å². The molecule has 0 fully saturated rings. The molecule has 0 saturated heterocycles. The minimum Gasteiger partial charge on any atom is -0.377 e. The normalized spacial score (nSPS) is 11.6. The Labute approximate surface area is 125 Å². The predicted octanol–water partition coefficient (Wildman–Crippen LogP) is 4.28. The topological polar surface area (TPSA) is 21.6 Å². The van der Waals surface area contributed by atoms with Crippen molar-refractivity contribution in [2.75, 3.05) is 13.2 Å². The molecule has 0 N–H and O–H groups in total. The van der Waals surface area contributed by atoms with E-state index in [1.54, 1.807) is 0 Å². The summed E-state index contributed by atoms with van der Waals surface area (Å²) < 4.78 is 5.59. The molecule has 0 aliphatic rings. The molecule has 0 amide bonds. The molecular formula is C17H18ClNO. The Kier molecular flexibility index (Phi) is 6.28. The van der Waals surface area contributed by atoms with Crippen LogP contribution in [-0.2, 0) is 11.3 Å². The van der Waals surface area contributed by atoms with Crippen LogP contribution in [0.2, 0.25) is 0 Å². The first-order chi connectivity index (χ1) is 9.86. The summed E-state index contributed by atoms with van der Waals surface area (Å²) in [5, 5.41) is 0.564. The first-order valence-corrected chi connectivity index (χ1v) is 7.11. The molecule has 2 rings (SSSR count). The third-order valence-electron chi connectivity index (χ3n) is 2.82. The maximum atomic E-state index is 6.12. The highest BCUT2D eigenvalue weighted by Crippen LogP contribution is 2.05. The van der Waals surface area contributed by atoms with E-state index in [1.807, 2.05) is 48.5 Å². The average molecular weight is 288 g/mol. The first kappa shape index (κ1) is 14.8.